The maximum atomic E-state index is 12.2. The van der Waals surface area contributed by atoms with Crippen LogP contribution in [0.1, 0.15) is 37.0 Å². The molecule has 20 heavy (non-hydrogen) atoms. The highest BCUT2D eigenvalue weighted by atomic mass is 32.2. The van der Waals surface area contributed by atoms with Gasteiger partial charge in [-0.3, -0.25) is 0 Å². The van der Waals surface area contributed by atoms with Crippen molar-refractivity contribution in [1.82, 2.24) is 10.0 Å². The molecular weight excluding hydrogens is 292 g/mol. The molecule has 0 amide bonds. The summed E-state index contributed by atoms with van der Waals surface area (Å²) in [6.45, 7) is 1.54. The molecule has 0 aliphatic heterocycles. The summed E-state index contributed by atoms with van der Waals surface area (Å²) in [5.74, 6) is 0.548. The summed E-state index contributed by atoms with van der Waals surface area (Å²) in [5, 5.41) is 3.45. The normalized spacial score (nSPS) is 20.0. The molecule has 1 heterocycles. The van der Waals surface area contributed by atoms with Crippen LogP contribution in [0, 0.1) is 5.92 Å². The van der Waals surface area contributed by atoms with Gasteiger partial charge in [0.15, 0.2) is 0 Å². The number of thiophene rings is 1. The third kappa shape index (κ3) is 3.81. The maximum absolute atomic E-state index is 12.2. The van der Waals surface area contributed by atoms with Crippen molar-refractivity contribution >= 4 is 21.4 Å². The first-order valence-electron chi connectivity index (χ1n) is 7.45. The van der Waals surface area contributed by atoms with Crippen molar-refractivity contribution in [3.63, 3.8) is 0 Å². The van der Waals surface area contributed by atoms with Crippen LogP contribution in [0.15, 0.2) is 16.3 Å². The second-order valence-electron chi connectivity index (χ2n) is 5.85. The van der Waals surface area contributed by atoms with Crippen molar-refractivity contribution < 1.29 is 8.42 Å². The second kappa shape index (κ2) is 6.13. The lowest BCUT2D eigenvalue weighted by Crippen LogP contribution is -2.31. The molecule has 0 bridgehead atoms. The van der Waals surface area contributed by atoms with Crippen LogP contribution < -0.4 is 10.0 Å². The van der Waals surface area contributed by atoms with Crippen molar-refractivity contribution in [2.75, 3.05) is 13.1 Å². The van der Waals surface area contributed by atoms with Crippen LogP contribution in [-0.4, -0.2) is 27.5 Å². The molecule has 0 unspecified atom stereocenters. The van der Waals surface area contributed by atoms with Gasteiger partial charge in [0.25, 0.3) is 0 Å². The fourth-order valence-electron chi connectivity index (χ4n) is 2.32. The Morgan fingerprint density at radius 2 is 2.00 bits per heavy atom. The van der Waals surface area contributed by atoms with Gasteiger partial charge in [0.2, 0.25) is 10.0 Å². The van der Waals surface area contributed by atoms with Crippen LogP contribution in [-0.2, 0) is 16.4 Å². The molecule has 2 saturated carbocycles. The summed E-state index contributed by atoms with van der Waals surface area (Å²) in [4.78, 5) is 1.14. The Morgan fingerprint density at radius 3 is 2.65 bits per heavy atom. The number of sulfonamides is 1. The predicted octanol–water partition coefficient (Wildman–Crippen LogP) is 2.12. The van der Waals surface area contributed by atoms with E-state index >= 15 is 0 Å². The van der Waals surface area contributed by atoms with Gasteiger partial charge in [0.05, 0.1) is 0 Å². The van der Waals surface area contributed by atoms with Crippen molar-refractivity contribution in [2.24, 2.45) is 5.92 Å². The molecule has 0 atom stereocenters. The smallest absolute Gasteiger partial charge is 0.250 e. The summed E-state index contributed by atoms with van der Waals surface area (Å²) in [6, 6.07) is 4.39. The van der Waals surface area contributed by atoms with E-state index in [2.05, 4.69) is 10.0 Å². The van der Waals surface area contributed by atoms with Gasteiger partial charge in [0.1, 0.15) is 4.21 Å². The van der Waals surface area contributed by atoms with Gasteiger partial charge >= 0.3 is 0 Å². The number of nitrogens with one attached hydrogen (secondary N) is 2. The van der Waals surface area contributed by atoms with E-state index in [0.29, 0.717) is 22.7 Å². The molecule has 0 radical (unpaired) electrons. The molecule has 112 valence electrons. The van der Waals surface area contributed by atoms with Crippen LogP contribution in [0.2, 0.25) is 0 Å². The van der Waals surface area contributed by atoms with E-state index in [9.17, 15) is 8.42 Å². The Balaban J connectivity index is 1.50. The van der Waals surface area contributed by atoms with Crippen LogP contribution >= 0.6 is 11.3 Å². The Kier molecular flexibility index (Phi) is 4.45. The van der Waals surface area contributed by atoms with E-state index in [4.69, 9.17) is 0 Å². The monoisotopic (exact) mass is 314 g/mol. The van der Waals surface area contributed by atoms with E-state index in [0.717, 1.165) is 30.7 Å². The summed E-state index contributed by atoms with van der Waals surface area (Å²) in [7, 11) is -3.29. The average molecular weight is 314 g/mol. The second-order valence-corrected chi connectivity index (χ2v) is 9.01. The fraction of sp³-hybridized carbons (Fsp3) is 0.714. The van der Waals surface area contributed by atoms with Gasteiger partial charge in [-0.25, -0.2) is 13.1 Å². The number of hydrogen-bond donors (Lipinski definition) is 2. The molecular formula is C14H22N2O2S2. The SMILES string of the molecule is O=S(=O)(NCC1CCC1)c1ccc(CCNC2CC2)s1. The summed E-state index contributed by atoms with van der Waals surface area (Å²) < 4.78 is 27.5. The van der Waals surface area contributed by atoms with E-state index in [-0.39, 0.29) is 0 Å². The molecule has 4 nitrogen and oxygen atoms in total. The first kappa shape index (κ1) is 14.5. The Morgan fingerprint density at radius 1 is 1.20 bits per heavy atom. The molecule has 6 heteroatoms. The molecule has 1 aromatic heterocycles. The topological polar surface area (TPSA) is 58.2 Å². The highest BCUT2D eigenvalue weighted by Crippen LogP contribution is 2.27. The van der Waals surface area contributed by atoms with Crippen molar-refractivity contribution in [1.29, 1.82) is 0 Å². The third-order valence-corrected chi connectivity index (χ3v) is 7.13. The third-order valence-electron chi connectivity index (χ3n) is 4.07. The Labute approximate surface area is 125 Å². The first-order chi connectivity index (χ1) is 9.63. The molecule has 3 rings (SSSR count). The Bertz CT molecular complexity index is 545. The van der Waals surface area contributed by atoms with E-state index in [1.165, 1.54) is 30.6 Å². The van der Waals surface area contributed by atoms with Gasteiger partial charge in [-0.15, -0.1) is 11.3 Å². The minimum atomic E-state index is -3.29. The van der Waals surface area contributed by atoms with E-state index in [1.807, 2.05) is 6.07 Å². The zero-order valence-corrected chi connectivity index (χ0v) is 13.2. The summed E-state index contributed by atoms with van der Waals surface area (Å²) in [6.07, 6.45) is 7.04. The zero-order valence-electron chi connectivity index (χ0n) is 11.6. The van der Waals surface area contributed by atoms with Crippen molar-refractivity contribution in [3.05, 3.63) is 17.0 Å². The van der Waals surface area contributed by atoms with Crippen molar-refractivity contribution in [2.45, 2.75) is 48.8 Å². The van der Waals surface area contributed by atoms with Crippen LogP contribution in [0.4, 0.5) is 0 Å². The van der Waals surface area contributed by atoms with E-state index < -0.39 is 10.0 Å². The number of hydrogen-bond acceptors (Lipinski definition) is 4. The van der Waals surface area contributed by atoms with Crippen LogP contribution in [0.25, 0.3) is 0 Å². The van der Waals surface area contributed by atoms with Gasteiger partial charge < -0.3 is 5.32 Å². The van der Waals surface area contributed by atoms with Crippen molar-refractivity contribution in [3.8, 4) is 0 Å². The summed E-state index contributed by atoms with van der Waals surface area (Å²) >= 11 is 1.40. The minimum absolute atomic E-state index is 0.457. The molecule has 2 aliphatic rings. The standard InChI is InChI=1S/C14H22N2O2S2/c17-20(18,16-10-11-2-1-3-11)14-7-6-13(19-14)8-9-15-12-4-5-12/h6-7,11-12,15-16H,1-5,8-10H2. The average Bonchev–Trinajstić information content (AvgIpc) is 3.03. The largest absolute Gasteiger partial charge is 0.314 e. The number of rotatable bonds is 8. The minimum Gasteiger partial charge on any atom is -0.314 e. The zero-order chi connectivity index (χ0) is 14.0. The lowest BCUT2D eigenvalue weighted by molar-refractivity contribution is 0.316. The molecule has 0 spiro atoms. The molecule has 2 fully saturated rings. The quantitative estimate of drug-likeness (QED) is 0.773. The lowest BCUT2D eigenvalue weighted by Gasteiger charge is -2.25. The van der Waals surface area contributed by atoms with E-state index in [1.54, 1.807) is 6.07 Å². The summed E-state index contributed by atoms with van der Waals surface area (Å²) in [5.41, 5.74) is 0. The highest BCUT2D eigenvalue weighted by Gasteiger charge is 2.23. The molecule has 0 aromatic carbocycles. The van der Waals surface area contributed by atoms with Crippen LogP contribution in [0.3, 0.4) is 0 Å². The molecule has 0 saturated heterocycles. The first-order valence-corrected chi connectivity index (χ1v) is 9.75. The molecule has 1 aromatic rings. The Hall–Kier alpha value is -0.430. The predicted molar refractivity (Wildman–Crippen MR) is 81.6 cm³/mol. The molecule has 2 aliphatic carbocycles. The van der Waals surface area contributed by atoms with Gasteiger partial charge in [0, 0.05) is 24.0 Å². The fourth-order valence-corrected chi connectivity index (χ4v) is 4.84. The van der Waals surface area contributed by atoms with Crippen LogP contribution in [0.5, 0.6) is 0 Å². The van der Waals surface area contributed by atoms with Gasteiger partial charge in [-0.05, 0) is 50.2 Å². The lowest BCUT2D eigenvalue weighted by atomic mass is 9.86. The van der Waals surface area contributed by atoms with Gasteiger partial charge in [-0.2, -0.15) is 0 Å². The van der Waals surface area contributed by atoms with Gasteiger partial charge in [-0.1, -0.05) is 6.42 Å². The maximum Gasteiger partial charge on any atom is 0.250 e. The molecule has 2 N–H and O–H groups in total. The highest BCUT2D eigenvalue weighted by molar-refractivity contribution is 7.91.